The van der Waals surface area contributed by atoms with Crippen LogP contribution in [-0.2, 0) is 16.2 Å². The number of nitrogens with zero attached hydrogens (tertiary/aromatic N) is 1. The molecule has 0 atom stereocenters. The molecule has 7 nitrogen and oxygen atoms in total. The maximum absolute atomic E-state index is 12.9. The van der Waals surface area contributed by atoms with Gasteiger partial charge in [-0.1, -0.05) is 18.2 Å². The van der Waals surface area contributed by atoms with E-state index in [1.54, 1.807) is 0 Å². The zero-order valence-corrected chi connectivity index (χ0v) is 17.8. The molecule has 1 amide bonds. The molecular weight excluding hydrogens is 459 g/mol. The van der Waals surface area contributed by atoms with Gasteiger partial charge in [0.2, 0.25) is 0 Å². The average molecular weight is 477 g/mol. The number of amidine groups is 1. The van der Waals surface area contributed by atoms with E-state index in [2.05, 4.69) is 15.0 Å². The Labute approximate surface area is 187 Å². The van der Waals surface area contributed by atoms with E-state index in [1.807, 2.05) is 0 Å². The van der Waals surface area contributed by atoms with Gasteiger partial charge in [0.15, 0.2) is 5.76 Å². The number of halogens is 3. The van der Waals surface area contributed by atoms with Gasteiger partial charge < -0.3 is 9.73 Å². The molecule has 4 rings (SSSR count). The Morgan fingerprint density at radius 3 is 2.55 bits per heavy atom. The second-order valence-corrected chi connectivity index (χ2v) is 8.94. The highest BCUT2D eigenvalue weighted by Crippen LogP contribution is 2.32. The lowest BCUT2D eigenvalue weighted by Crippen LogP contribution is -2.29. The number of nitrogens with one attached hydrogen (secondary N) is 2. The van der Waals surface area contributed by atoms with Crippen LogP contribution in [0.15, 0.2) is 75.0 Å². The van der Waals surface area contributed by atoms with E-state index in [0.29, 0.717) is 18.8 Å². The minimum Gasteiger partial charge on any atom is -0.451 e. The van der Waals surface area contributed by atoms with E-state index in [4.69, 9.17) is 4.42 Å². The highest BCUT2D eigenvalue weighted by molar-refractivity contribution is 7.90. The first-order valence-corrected chi connectivity index (χ1v) is 11.4. The van der Waals surface area contributed by atoms with Gasteiger partial charge in [-0.05, 0) is 48.9 Å². The summed E-state index contributed by atoms with van der Waals surface area (Å²) in [6.45, 7) is 0.569. The summed E-state index contributed by atoms with van der Waals surface area (Å²) >= 11 is 0. The van der Waals surface area contributed by atoms with E-state index < -0.39 is 27.7 Å². The molecular formula is C22H18F3N3O4S. The number of hydrogen-bond acceptors (Lipinski definition) is 5. The molecule has 1 aliphatic heterocycles. The lowest BCUT2D eigenvalue weighted by Gasteiger charge is -2.09. The van der Waals surface area contributed by atoms with Crippen LogP contribution in [-0.4, -0.2) is 26.7 Å². The number of rotatable bonds is 5. The van der Waals surface area contributed by atoms with Crippen molar-refractivity contribution in [1.29, 1.82) is 0 Å². The molecule has 0 saturated heterocycles. The summed E-state index contributed by atoms with van der Waals surface area (Å²) in [7, 11) is -3.86. The number of amides is 1. The summed E-state index contributed by atoms with van der Waals surface area (Å²) in [6, 6.07) is 12.9. The van der Waals surface area contributed by atoms with Crippen LogP contribution in [0.25, 0.3) is 11.3 Å². The lowest BCUT2D eigenvalue weighted by atomic mass is 10.1. The molecule has 11 heteroatoms. The van der Waals surface area contributed by atoms with Crippen molar-refractivity contribution >= 4 is 27.5 Å². The minimum absolute atomic E-state index is 0.0565. The molecule has 0 bridgehead atoms. The lowest BCUT2D eigenvalue weighted by molar-refractivity contribution is -0.137. The van der Waals surface area contributed by atoms with Gasteiger partial charge in [-0.15, -0.1) is 0 Å². The third-order valence-electron chi connectivity index (χ3n) is 4.83. The molecule has 172 valence electrons. The van der Waals surface area contributed by atoms with Crippen LogP contribution in [0.1, 0.15) is 29.0 Å². The zero-order valence-electron chi connectivity index (χ0n) is 17.0. The molecule has 0 spiro atoms. The van der Waals surface area contributed by atoms with Gasteiger partial charge in [0, 0.05) is 24.2 Å². The molecule has 0 fully saturated rings. The standard InChI is InChI=1S/C22H18F3N3O4S/c23-22(24,25)15-5-1-4-14(12-15)18-9-10-19(32-18)21(29)27-16-6-2-7-17(13-16)33(30,31)28-20-8-3-11-26-20/h1-2,4-7,9-10,12-13H,3,8,11H2,(H,26,28)(H,27,29). The highest BCUT2D eigenvalue weighted by Gasteiger charge is 2.30. The number of benzene rings is 2. The predicted octanol–water partition coefficient (Wildman–Crippen LogP) is 4.69. The van der Waals surface area contributed by atoms with E-state index in [0.717, 1.165) is 18.6 Å². The van der Waals surface area contributed by atoms with Crippen LogP contribution in [0, 0.1) is 0 Å². The molecule has 0 aliphatic carbocycles. The van der Waals surface area contributed by atoms with Crippen molar-refractivity contribution in [3.63, 3.8) is 0 Å². The van der Waals surface area contributed by atoms with Crippen LogP contribution < -0.4 is 10.0 Å². The van der Waals surface area contributed by atoms with Gasteiger partial charge in [-0.2, -0.15) is 13.2 Å². The Morgan fingerprint density at radius 1 is 1.03 bits per heavy atom. The Bertz CT molecular complexity index is 1330. The maximum atomic E-state index is 12.9. The number of hydrogen-bond donors (Lipinski definition) is 2. The first-order valence-electron chi connectivity index (χ1n) is 9.87. The van der Waals surface area contributed by atoms with Gasteiger partial charge in [-0.25, -0.2) is 8.42 Å². The van der Waals surface area contributed by atoms with Crippen molar-refractivity contribution in [3.8, 4) is 11.3 Å². The van der Waals surface area contributed by atoms with E-state index in [-0.39, 0.29) is 27.7 Å². The van der Waals surface area contributed by atoms with Crippen molar-refractivity contribution in [3.05, 3.63) is 72.0 Å². The second kappa shape index (κ2) is 8.74. The van der Waals surface area contributed by atoms with Crippen molar-refractivity contribution in [2.75, 3.05) is 11.9 Å². The molecule has 2 N–H and O–H groups in total. The summed E-state index contributed by atoms with van der Waals surface area (Å²) in [5.41, 5.74) is -0.469. The maximum Gasteiger partial charge on any atom is 0.416 e. The van der Waals surface area contributed by atoms with Crippen LogP contribution in [0.5, 0.6) is 0 Å². The third-order valence-corrected chi connectivity index (χ3v) is 6.21. The van der Waals surface area contributed by atoms with Crippen LogP contribution in [0.4, 0.5) is 18.9 Å². The third kappa shape index (κ3) is 5.25. The van der Waals surface area contributed by atoms with Gasteiger partial charge in [0.25, 0.3) is 15.9 Å². The largest absolute Gasteiger partial charge is 0.451 e. The van der Waals surface area contributed by atoms with Crippen molar-refractivity contribution in [2.45, 2.75) is 23.9 Å². The number of furan rings is 1. The number of aliphatic imine (C=N–C) groups is 1. The number of anilines is 1. The summed E-state index contributed by atoms with van der Waals surface area (Å²) < 4.78 is 71.8. The predicted molar refractivity (Wildman–Crippen MR) is 115 cm³/mol. The minimum atomic E-state index is -4.51. The second-order valence-electron chi connectivity index (χ2n) is 7.26. The summed E-state index contributed by atoms with van der Waals surface area (Å²) in [5, 5.41) is 2.53. The molecule has 33 heavy (non-hydrogen) atoms. The molecule has 1 aliphatic rings. The van der Waals surface area contributed by atoms with E-state index in [1.165, 1.54) is 48.5 Å². The quantitative estimate of drug-likeness (QED) is 0.557. The molecule has 0 radical (unpaired) electrons. The first-order chi connectivity index (χ1) is 15.6. The monoisotopic (exact) mass is 477 g/mol. The molecule has 2 aromatic carbocycles. The molecule has 0 unspecified atom stereocenters. The Hall–Kier alpha value is -3.60. The molecule has 3 aromatic rings. The smallest absolute Gasteiger partial charge is 0.416 e. The molecule has 2 heterocycles. The number of carbonyl (C=O) groups excluding carboxylic acids is 1. The first kappa shape index (κ1) is 22.6. The Balaban J connectivity index is 1.50. The van der Waals surface area contributed by atoms with Crippen LogP contribution in [0.3, 0.4) is 0 Å². The number of carbonyl (C=O) groups is 1. The molecule has 1 aromatic heterocycles. The van der Waals surface area contributed by atoms with Crippen molar-refractivity contribution in [1.82, 2.24) is 4.72 Å². The highest BCUT2D eigenvalue weighted by atomic mass is 32.2. The van der Waals surface area contributed by atoms with Crippen LogP contribution >= 0.6 is 0 Å². The van der Waals surface area contributed by atoms with Gasteiger partial charge in [-0.3, -0.25) is 14.5 Å². The summed E-state index contributed by atoms with van der Waals surface area (Å²) in [6.07, 6.45) is -3.19. The van der Waals surface area contributed by atoms with E-state index >= 15 is 0 Å². The fourth-order valence-corrected chi connectivity index (χ4v) is 4.37. The Morgan fingerprint density at radius 2 is 1.82 bits per heavy atom. The van der Waals surface area contributed by atoms with Gasteiger partial charge in [0.1, 0.15) is 11.6 Å². The Kier molecular flexibility index (Phi) is 5.98. The van der Waals surface area contributed by atoms with E-state index in [9.17, 15) is 26.4 Å². The van der Waals surface area contributed by atoms with Crippen molar-refractivity contribution < 1.29 is 30.8 Å². The summed E-state index contributed by atoms with van der Waals surface area (Å²) in [4.78, 5) is 16.6. The fraction of sp³-hybridized carbons (Fsp3) is 0.182. The van der Waals surface area contributed by atoms with Crippen LogP contribution in [0.2, 0.25) is 0 Å². The zero-order chi connectivity index (χ0) is 23.6. The summed E-state index contributed by atoms with van der Waals surface area (Å²) in [5.74, 6) is -0.351. The van der Waals surface area contributed by atoms with Gasteiger partial charge in [0.05, 0.1) is 10.5 Å². The normalized spacial score (nSPS) is 14.1. The molecule has 0 saturated carbocycles. The van der Waals surface area contributed by atoms with Crippen molar-refractivity contribution in [2.24, 2.45) is 4.99 Å². The fourth-order valence-electron chi connectivity index (χ4n) is 3.23. The number of sulfonamides is 1. The topological polar surface area (TPSA) is 101 Å². The van der Waals surface area contributed by atoms with Gasteiger partial charge >= 0.3 is 6.18 Å². The average Bonchev–Trinajstić information content (AvgIpc) is 3.45. The number of alkyl halides is 3. The SMILES string of the molecule is O=C(Nc1cccc(S(=O)(=O)NC2=NCCC2)c1)c1ccc(-c2cccc(C(F)(F)F)c2)o1.